The molecule has 1 heterocycles. The molecule has 21 heavy (non-hydrogen) atoms. The van der Waals surface area contributed by atoms with Crippen LogP contribution in [-0.2, 0) is 11.3 Å². The first kappa shape index (κ1) is 15.2. The summed E-state index contributed by atoms with van der Waals surface area (Å²) in [5.41, 5.74) is 0.235. The molecule has 0 atom stereocenters. The van der Waals surface area contributed by atoms with Gasteiger partial charge < -0.3 is 10.1 Å². The van der Waals surface area contributed by atoms with Crippen molar-refractivity contribution in [3.8, 4) is 5.75 Å². The molecule has 0 saturated carbocycles. The zero-order valence-corrected chi connectivity index (χ0v) is 13.0. The van der Waals surface area contributed by atoms with E-state index in [9.17, 15) is 14.9 Å². The second kappa shape index (κ2) is 6.47. The number of hydrogen-bond donors (Lipinski definition) is 1. The number of anilines is 1. The first-order chi connectivity index (χ1) is 9.99. The van der Waals surface area contributed by atoms with Crippen molar-refractivity contribution in [3.05, 3.63) is 38.5 Å². The van der Waals surface area contributed by atoms with Crippen LogP contribution in [0.5, 0.6) is 5.75 Å². The van der Waals surface area contributed by atoms with E-state index in [-0.39, 0.29) is 23.9 Å². The van der Waals surface area contributed by atoms with Crippen LogP contribution in [0, 0.1) is 13.9 Å². The van der Waals surface area contributed by atoms with Gasteiger partial charge in [-0.15, -0.1) is 5.10 Å². The molecule has 0 bridgehead atoms. The number of benzene rings is 1. The fraction of sp³-hybridized carbons (Fsp3) is 0.182. The summed E-state index contributed by atoms with van der Waals surface area (Å²) < 4.78 is 6.96. The molecule has 1 amide bonds. The Bertz CT molecular complexity index is 687. The first-order valence-corrected chi connectivity index (χ1v) is 6.74. The number of aromatic nitrogens is 3. The molecule has 110 valence electrons. The molecule has 0 aliphatic carbocycles. The number of hydrogen-bond acceptors (Lipinski definition) is 6. The lowest BCUT2D eigenvalue weighted by atomic mass is 10.2. The highest BCUT2D eigenvalue weighted by Gasteiger charge is 2.13. The van der Waals surface area contributed by atoms with Crippen molar-refractivity contribution in [2.24, 2.45) is 0 Å². The Labute approximate surface area is 132 Å². The second-order valence-corrected chi connectivity index (χ2v) is 4.87. The molecule has 2 aromatic rings. The van der Waals surface area contributed by atoms with Crippen LogP contribution in [-0.4, -0.2) is 32.7 Å². The molecule has 0 aliphatic rings. The van der Waals surface area contributed by atoms with E-state index >= 15 is 0 Å². The van der Waals surface area contributed by atoms with Gasteiger partial charge >= 0.3 is 0 Å². The third-order valence-electron chi connectivity index (χ3n) is 2.48. The van der Waals surface area contributed by atoms with Gasteiger partial charge in [-0.1, -0.05) is 0 Å². The largest absolute Gasteiger partial charge is 0.494 e. The van der Waals surface area contributed by atoms with Crippen molar-refractivity contribution in [1.82, 2.24) is 14.8 Å². The Morgan fingerprint density at radius 2 is 2.33 bits per heavy atom. The van der Waals surface area contributed by atoms with E-state index in [0.717, 1.165) is 0 Å². The first-order valence-electron chi connectivity index (χ1n) is 5.67. The number of non-ortho nitro benzene ring substituents is 1. The molecular weight excluding hydrogens is 393 g/mol. The number of rotatable bonds is 5. The molecule has 0 saturated heterocycles. The van der Waals surface area contributed by atoms with Crippen LogP contribution < -0.4 is 10.1 Å². The van der Waals surface area contributed by atoms with Crippen molar-refractivity contribution >= 4 is 39.9 Å². The predicted octanol–water partition coefficient (Wildman–Crippen LogP) is 1.44. The summed E-state index contributed by atoms with van der Waals surface area (Å²) in [6, 6.07) is 3.95. The number of nitro benzene ring substituents is 1. The Hall–Kier alpha value is -2.24. The number of ether oxygens (including phenoxy) is 1. The fourth-order valence-corrected chi connectivity index (χ4v) is 1.98. The van der Waals surface area contributed by atoms with Gasteiger partial charge in [0.2, 0.25) is 9.74 Å². The van der Waals surface area contributed by atoms with E-state index in [1.54, 1.807) is 0 Å². The van der Waals surface area contributed by atoms with E-state index in [2.05, 4.69) is 15.4 Å². The van der Waals surface area contributed by atoms with E-state index in [1.807, 2.05) is 22.6 Å². The number of carbonyl (C=O) groups excluding carboxylic acids is 1. The van der Waals surface area contributed by atoms with E-state index in [1.165, 1.54) is 36.3 Å². The summed E-state index contributed by atoms with van der Waals surface area (Å²) in [4.78, 5) is 25.9. The maximum atomic E-state index is 11.9. The monoisotopic (exact) mass is 403 g/mol. The summed E-state index contributed by atoms with van der Waals surface area (Å²) in [7, 11) is 1.37. The highest BCUT2D eigenvalue weighted by atomic mass is 127. The minimum absolute atomic E-state index is 0.0177. The lowest BCUT2D eigenvalue weighted by molar-refractivity contribution is -0.384. The highest BCUT2D eigenvalue weighted by molar-refractivity contribution is 14.1. The van der Waals surface area contributed by atoms with E-state index in [0.29, 0.717) is 9.52 Å². The number of methoxy groups -OCH3 is 1. The minimum atomic E-state index is -0.536. The van der Waals surface area contributed by atoms with Crippen molar-refractivity contribution < 1.29 is 14.5 Å². The zero-order valence-electron chi connectivity index (χ0n) is 10.8. The van der Waals surface area contributed by atoms with E-state index in [4.69, 9.17) is 4.74 Å². The summed E-state index contributed by atoms with van der Waals surface area (Å²) in [6.07, 6.45) is 1.44. The molecule has 0 unspecified atom stereocenters. The van der Waals surface area contributed by atoms with Crippen LogP contribution in [0.2, 0.25) is 0 Å². The molecule has 10 heteroatoms. The van der Waals surface area contributed by atoms with Gasteiger partial charge in [-0.05, 0) is 6.07 Å². The Kier molecular flexibility index (Phi) is 4.67. The average Bonchev–Trinajstić information content (AvgIpc) is 2.84. The Balaban J connectivity index is 2.11. The predicted molar refractivity (Wildman–Crippen MR) is 81.0 cm³/mol. The van der Waals surface area contributed by atoms with Gasteiger partial charge in [0.05, 0.1) is 23.8 Å². The smallest absolute Gasteiger partial charge is 0.273 e. The summed E-state index contributed by atoms with van der Waals surface area (Å²) >= 11 is 1.93. The van der Waals surface area contributed by atoms with Gasteiger partial charge in [0.25, 0.3) is 5.69 Å². The molecule has 0 radical (unpaired) electrons. The van der Waals surface area contributed by atoms with Crippen molar-refractivity contribution in [2.45, 2.75) is 6.54 Å². The van der Waals surface area contributed by atoms with Crippen LogP contribution in [0.3, 0.4) is 0 Å². The molecular formula is C11H10IN5O4. The van der Waals surface area contributed by atoms with Crippen LogP contribution in [0.4, 0.5) is 11.4 Å². The minimum Gasteiger partial charge on any atom is -0.494 e. The van der Waals surface area contributed by atoms with Crippen molar-refractivity contribution in [1.29, 1.82) is 0 Å². The molecule has 1 aromatic heterocycles. The van der Waals surface area contributed by atoms with Crippen LogP contribution >= 0.6 is 22.6 Å². The third-order valence-corrected chi connectivity index (χ3v) is 2.98. The third kappa shape index (κ3) is 3.87. The van der Waals surface area contributed by atoms with Gasteiger partial charge in [0.1, 0.15) is 18.6 Å². The molecule has 1 N–H and O–H groups in total. The lowest BCUT2D eigenvalue weighted by Crippen LogP contribution is -2.19. The Morgan fingerprint density at radius 1 is 1.57 bits per heavy atom. The number of amides is 1. The SMILES string of the molecule is COc1cc([N+](=O)[O-])ccc1NC(=O)Cn1cnc(I)n1. The van der Waals surface area contributed by atoms with E-state index < -0.39 is 4.92 Å². The quantitative estimate of drug-likeness (QED) is 0.460. The summed E-state index contributed by atoms with van der Waals surface area (Å²) in [5.74, 6) is -0.130. The van der Waals surface area contributed by atoms with Crippen LogP contribution in [0.15, 0.2) is 24.5 Å². The van der Waals surface area contributed by atoms with Gasteiger partial charge in [0, 0.05) is 28.7 Å². The fourth-order valence-electron chi connectivity index (χ4n) is 1.58. The molecule has 0 fully saturated rings. The lowest BCUT2D eigenvalue weighted by Gasteiger charge is -2.09. The van der Waals surface area contributed by atoms with Crippen LogP contribution in [0.1, 0.15) is 0 Å². The molecule has 0 aliphatic heterocycles. The number of carbonyl (C=O) groups is 1. The Morgan fingerprint density at radius 3 is 2.90 bits per heavy atom. The molecule has 0 spiro atoms. The highest BCUT2D eigenvalue weighted by Crippen LogP contribution is 2.28. The molecule has 9 nitrogen and oxygen atoms in total. The second-order valence-electron chi connectivity index (χ2n) is 3.90. The van der Waals surface area contributed by atoms with Crippen molar-refractivity contribution in [3.63, 3.8) is 0 Å². The van der Waals surface area contributed by atoms with Gasteiger partial charge in [-0.25, -0.2) is 9.67 Å². The summed E-state index contributed by atoms with van der Waals surface area (Å²) in [6.45, 7) is -0.0177. The number of nitro groups is 1. The average molecular weight is 403 g/mol. The topological polar surface area (TPSA) is 112 Å². The standard InChI is InChI=1S/C11H10IN5O4/c1-21-9-4-7(17(19)20)2-3-8(9)14-10(18)5-16-6-13-11(12)15-16/h2-4,6H,5H2,1H3,(H,14,18). The number of nitrogens with one attached hydrogen (secondary N) is 1. The zero-order chi connectivity index (χ0) is 15.4. The number of nitrogens with zero attached hydrogens (tertiary/aromatic N) is 4. The summed E-state index contributed by atoms with van der Waals surface area (Å²) in [5, 5.41) is 17.3. The molecule has 1 aromatic carbocycles. The maximum Gasteiger partial charge on any atom is 0.273 e. The van der Waals surface area contributed by atoms with Gasteiger partial charge in [0.15, 0.2) is 0 Å². The van der Waals surface area contributed by atoms with Crippen molar-refractivity contribution in [2.75, 3.05) is 12.4 Å². The number of halogens is 1. The normalized spacial score (nSPS) is 10.2. The van der Waals surface area contributed by atoms with Gasteiger partial charge in [-0.2, -0.15) is 0 Å². The maximum absolute atomic E-state index is 11.9. The van der Waals surface area contributed by atoms with Crippen LogP contribution in [0.25, 0.3) is 0 Å². The molecule has 2 rings (SSSR count). The van der Waals surface area contributed by atoms with Gasteiger partial charge in [-0.3, -0.25) is 14.9 Å².